The molecule has 0 bridgehead atoms. The van der Waals surface area contributed by atoms with Gasteiger partial charge in [-0.15, -0.1) is 0 Å². The molecule has 0 aliphatic carbocycles. The zero-order valence-corrected chi connectivity index (χ0v) is 14.2. The zero-order chi connectivity index (χ0) is 15.1. The second-order valence-electron chi connectivity index (χ2n) is 6.20. The highest BCUT2D eigenvalue weighted by Gasteiger charge is 2.12. The van der Waals surface area contributed by atoms with Gasteiger partial charge in [0.25, 0.3) is 0 Å². The Morgan fingerprint density at radius 1 is 0.800 bits per heavy atom. The van der Waals surface area contributed by atoms with E-state index >= 15 is 0 Å². The first-order chi connectivity index (χ1) is 9.74. The van der Waals surface area contributed by atoms with E-state index in [4.69, 9.17) is 0 Å². The Bertz CT molecular complexity index is 210. The van der Waals surface area contributed by atoms with Gasteiger partial charge in [0.15, 0.2) is 0 Å². The van der Waals surface area contributed by atoms with Crippen molar-refractivity contribution in [3.63, 3.8) is 0 Å². The quantitative estimate of drug-likeness (QED) is 0.294. The summed E-state index contributed by atoms with van der Waals surface area (Å²) in [7, 11) is 0. The fraction of sp³-hybridized carbons (Fsp3) is 0.895. The van der Waals surface area contributed by atoms with Crippen LogP contribution < -0.4 is 0 Å². The Kier molecular flexibility index (Phi) is 14.9. The van der Waals surface area contributed by atoms with Crippen LogP contribution in [0.25, 0.3) is 0 Å². The summed E-state index contributed by atoms with van der Waals surface area (Å²) in [5.41, 5.74) is 0. The van der Waals surface area contributed by atoms with Crippen molar-refractivity contribution in [3.8, 4) is 0 Å². The molecular weight excluding hydrogens is 244 g/mol. The molecule has 1 nitrogen and oxygen atoms in total. The van der Waals surface area contributed by atoms with Crippen LogP contribution in [0.4, 0.5) is 0 Å². The third-order valence-corrected chi connectivity index (χ3v) is 4.15. The number of hydrogen-bond acceptors (Lipinski definition) is 1. The van der Waals surface area contributed by atoms with Crippen molar-refractivity contribution in [1.82, 2.24) is 0 Å². The van der Waals surface area contributed by atoms with Gasteiger partial charge < -0.3 is 5.11 Å². The van der Waals surface area contributed by atoms with Crippen LogP contribution in [0, 0.1) is 5.92 Å². The molecular formula is C19H38O. The molecule has 2 atom stereocenters. The van der Waals surface area contributed by atoms with Crippen molar-refractivity contribution < 1.29 is 5.11 Å². The molecule has 0 amide bonds. The molecule has 0 radical (unpaired) electrons. The van der Waals surface area contributed by atoms with Gasteiger partial charge in [-0.05, 0) is 38.0 Å². The van der Waals surface area contributed by atoms with E-state index in [-0.39, 0.29) is 6.10 Å². The van der Waals surface area contributed by atoms with Crippen LogP contribution in [-0.4, -0.2) is 11.2 Å². The van der Waals surface area contributed by atoms with Crippen molar-refractivity contribution >= 4 is 0 Å². The first-order valence-corrected chi connectivity index (χ1v) is 9.07. The summed E-state index contributed by atoms with van der Waals surface area (Å²) in [4.78, 5) is 0. The number of aliphatic hydroxyl groups is 1. The summed E-state index contributed by atoms with van der Waals surface area (Å²) in [5.74, 6) is 0.750. The van der Waals surface area contributed by atoms with Crippen LogP contribution >= 0.6 is 0 Å². The smallest absolute Gasteiger partial charge is 0.0540 e. The molecule has 0 heterocycles. The van der Waals surface area contributed by atoms with Gasteiger partial charge in [-0.2, -0.15) is 0 Å². The number of aliphatic hydroxyl groups excluding tert-OH is 1. The maximum absolute atomic E-state index is 9.84. The normalized spacial score (nSPS) is 14.8. The first-order valence-electron chi connectivity index (χ1n) is 9.07. The van der Waals surface area contributed by atoms with Gasteiger partial charge in [-0.25, -0.2) is 0 Å². The predicted molar refractivity (Wildman–Crippen MR) is 91.1 cm³/mol. The van der Waals surface area contributed by atoms with Crippen LogP contribution in [0.5, 0.6) is 0 Å². The second kappa shape index (κ2) is 15.1. The van der Waals surface area contributed by atoms with Crippen molar-refractivity contribution in [1.29, 1.82) is 0 Å². The van der Waals surface area contributed by atoms with Crippen molar-refractivity contribution in [2.75, 3.05) is 0 Å². The summed E-state index contributed by atoms with van der Waals surface area (Å²) >= 11 is 0. The van der Waals surface area contributed by atoms with Crippen LogP contribution in [-0.2, 0) is 0 Å². The molecule has 0 rings (SSSR count). The monoisotopic (exact) mass is 282 g/mol. The first kappa shape index (κ1) is 19.7. The SMILES string of the molecule is CCC/C=C/CCCCCC(CCCC)CC(O)CC. The predicted octanol–water partition coefficient (Wildman–Crippen LogP) is 6.26. The minimum Gasteiger partial charge on any atom is -0.393 e. The van der Waals surface area contributed by atoms with Gasteiger partial charge in [0.1, 0.15) is 0 Å². The molecule has 2 unspecified atom stereocenters. The van der Waals surface area contributed by atoms with Crippen molar-refractivity contribution in [2.24, 2.45) is 5.92 Å². The largest absolute Gasteiger partial charge is 0.393 e. The van der Waals surface area contributed by atoms with Gasteiger partial charge in [-0.3, -0.25) is 0 Å². The molecule has 0 saturated heterocycles. The number of hydrogen-bond donors (Lipinski definition) is 1. The van der Waals surface area contributed by atoms with E-state index < -0.39 is 0 Å². The Morgan fingerprint density at radius 2 is 1.50 bits per heavy atom. The molecule has 0 aliphatic rings. The highest BCUT2D eigenvalue weighted by Crippen LogP contribution is 2.23. The standard InChI is InChI=1S/C19H38O/c1-4-7-9-10-11-12-13-14-16-18(15-8-5-2)17-19(20)6-3/h9-10,18-20H,4-8,11-17H2,1-3H3/b10-9+. The third kappa shape index (κ3) is 12.7. The zero-order valence-electron chi connectivity index (χ0n) is 14.2. The third-order valence-electron chi connectivity index (χ3n) is 4.15. The molecule has 0 aromatic rings. The molecule has 0 fully saturated rings. The van der Waals surface area contributed by atoms with E-state index in [0.717, 1.165) is 18.8 Å². The Hall–Kier alpha value is -0.300. The molecule has 0 aromatic heterocycles. The average molecular weight is 283 g/mol. The van der Waals surface area contributed by atoms with Crippen LogP contribution in [0.2, 0.25) is 0 Å². The Morgan fingerprint density at radius 3 is 2.15 bits per heavy atom. The molecule has 1 N–H and O–H groups in total. The van der Waals surface area contributed by atoms with E-state index in [0.29, 0.717) is 0 Å². The molecule has 0 saturated carbocycles. The second-order valence-corrected chi connectivity index (χ2v) is 6.20. The lowest BCUT2D eigenvalue weighted by Gasteiger charge is -2.19. The molecule has 0 aromatic carbocycles. The maximum Gasteiger partial charge on any atom is 0.0540 e. The number of rotatable bonds is 14. The maximum atomic E-state index is 9.84. The molecule has 120 valence electrons. The van der Waals surface area contributed by atoms with Gasteiger partial charge in [0.2, 0.25) is 0 Å². The molecule has 0 aliphatic heterocycles. The summed E-state index contributed by atoms with van der Waals surface area (Å²) in [6.07, 6.45) is 19.5. The summed E-state index contributed by atoms with van der Waals surface area (Å²) < 4.78 is 0. The van der Waals surface area contributed by atoms with Crippen molar-refractivity contribution in [2.45, 2.75) is 104 Å². The fourth-order valence-corrected chi connectivity index (χ4v) is 2.70. The highest BCUT2D eigenvalue weighted by atomic mass is 16.3. The lowest BCUT2D eigenvalue weighted by molar-refractivity contribution is 0.131. The van der Waals surface area contributed by atoms with Gasteiger partial charge in [-0.1, -0.05) is 77.9 Å². The van der Waals surface area contributed by atoms with Crippen molar-refractivity contribution in [3.05, 3.63) is 12.2 Å². The Balaban J connectivity index is 3.67. The topological polar surface area (TPSA) is 20.2 Å². The Labute approximate surface area is 127 Å². The lowest BCUT2D eigenvalue weighted by atomic mass is 9.89. The van der Waals surface area contributed by atoms with E-state index in [2.05, 4.69) is 32.9 Å². The van der Waals surface area contributed by atoms with Crippen LogP contribution in [0.1, 0.15) is 97.8 Å². The minimum absolute atomic E-state index is 0.0752. The van der Waals surface area contributed by atoms with Gasteiger partial charge in [0.05, 0.1) is 6.10 Å². The van der Waals surface area contributed by atoms with E-state index in [1.54, 1.807) is 0 Å². The fourth-order valence-electron chi connectivity index (χ4n) is 2.70. The van der Waals surface area contributed by atoms with Gasteiger partial charge in [0, 0.05) is 0 Å². The number of unbranched alkanes of at least 4 members (excludes halogenated alkanes) is 5. The minimum atomic E-state index is -0.0752. The molecule has 0 spiro atoms. The highest BCUT2D eigenvalue weighted by molar-refractivity contribution is 4.80. The van der Waals surface area contributed by atoms with Crippen LogP contribution in [0.3, 0.4) is 0 Å². The summed E-state index contributed by atoms with van der Waals surface area (Å²) in [6, 6.07) is 0. The van der Waals surface area contributed by atoms with E-state index in [1.807, 2.05) is 0 Å². The van der Waals surface area contributed by atoms with E-state index in [1.165, 1.54) is 64.2 Å². The summed E-state index contributed by atoms with van der Waals surface area (Å²) in [6.45, 7) is 6.58. The molecule has 1 heteroatoms. The van der Waals surface area contributed by atoms with Crippen LogP contribution in [0.15, 0.2) is 12.2 Å². The lowest BCUT2D eigenvalue weighted by Crippen LogP contribution is -2.13. The molecule has 20 heavy (non-hydrogen) atoms. The average Bonchev–Trinajstić information content (AvgIpc) is 2.46. The summed E-state index contributed by atoms with van der Waals surface area (Å²) in [5, 5.41) is 9.84. The van der Waals surface area contributed by atoms with Gasteiger partial charge >= 0.3 is 0 Å². The van der Waals surface area contributed by atoms with E-state index in [9.17, 15) is 5.11 Å². The number of allylic oxidation sites excluding steroid dienone is 2.